The first-order valence-corrected chi connectivity index (χ1v) is 2.51. The largest absolute Gasteiger partial charge is 0.412 e. The zero-order chi connectivity index (χ0) is 6.08. The molecule has 0 aliphatic rings. The fourth-order valence-electron chi connectivity index (χ4n) is 0. The van der Waals surface area contributed by atoms with Crippen molar-refractivity contribution in [3.63, 3.8) is 0 Å². The molecule has 0 aliphatic carbocycles. The van der Waals surface area contributed by atoms with E-state index in [1.807, 2.05) is 0 Å². The minimum absolute atomic E-state index is 0. The molecule has 4 N–H and O–H groups in total. The van der Waals surface area contributed by atoms with Gasteiger partial charge in [0, 0.05) is 0 Å². The second-order valence-electron chi connectivity index (χ2n) is 0.915. The molecule has 3 nitrogen and oxygen atoms in total. The van der Waals surface area contributed by atoms with Crippen molar-refractivity contribution in [3.8, 4) is 0 Å². The summed E-state index contributed by atoms with van der Waals surface area (Å²) in [6, 6.07) is 0. The van der Waals surface area contributed by atoms with Gasteiger partial charge < -0.3 is 15.7 Å². The number of alkyl halides is 3. The molecule has 0 fully saturated rings. The van der Waals surface area contributed by atoms with E-state index in [4.69, 9.17) is 45.0 Å². The van der Waals surface area contributed by atoms with Crippen molar-refractivity contribution in [2.75, 3.05) is 0 Å². The lowest BCUT2D eigenvalue weighted by Crippen LogP contribution is -2.23. The molecule has 0 radical (unpaired) electrons. The van der Waals surface area contributed by atoms with Gasteiger partial charge in [0.05, 0.1) is 0 Å². The average molecular weight is 213 g/mol. The highest BCUT2D eigenvalue weighted by atomic mass is 35.6. The zero-order valence-corrected chi connectivity index (χ0v) is 5.87. The number of rotatable bonds is 0. The molecule has 0 aromatic rings. The second-order valence-corrected chi connectivity index (χ2v) is 3.28. The van der Waals surface area contributed by atoms with Crippen molar-refractivity contribution in [2.24, 2.45) is 0 Å². The average Bonchev–Trinajstić information content (AvgIpc) is 1.31. The van der Waals surface area contributed by atoms with Crippen molar-refractivity contribution >= 4 is 52.2 Å². The maximum Gasteiger partial charge on any atom is 0.240 e. The van der Waals surface area contributed by atoms with Gasteiger partial charge in [-0.15, -0.1) is 0 Å². The number of hydrogen-bond acceptors (Lipinski definition) is 2. The molecule has 0 saturated carbocycles. The summed E-state index contributed by atoms with van der Waals surface area (Å²) in [5, 5.41) is 16.1. The summed E-state index contributed by atoms with van der Waals surface area (Å²) in [7, 11) is 0. The van der Waals surface area contributed by atoms with Gasteiger partial charge in [0.15, 0.2) is 23.7 Å². The van der Waals surface area contributed by atoms with Crippen LogP contribution in [-0.2, 0) is 0 Å². The van der Waals surface area contributed by atoms with Gasteiger partial charge in [-0.1, -0.05) is 34.8 Å². The van der Waals surface area contributed by atoms with Crippen LogP contribution in [0, 0.1) is 0 Å². The Labute approximate surface area is 78.0 Å². The Morgan fingerprint density at radius 3 is 1.22 bits per heavy atom. The van der Waals surface area contributed by atoms with E-state index in [2.05, 4.69) is 0 Å². The Hall–Kier alpha value is 1.28. The van der Waals surface area contributed by atoms with Gasteiger partial charge in [0.25, 0.3) is 0 Å². The van der Waals surface area contributed by atoms with Gasteiger partial charge in [0.2, 0.25) is 3.79 Å². The molecule has 0 unspecified atom stereocenters. The van der Waals surface area contributed by atoms with E-state index >= 15 is 0 Å². The molecule has 0 aromatic heterocycles. The third kappa shape index (κ3) is 9.28. The fourth-order valence-corrected chi connectivity index (χ4v) is 0. The Morgan fingerprint density at radius 1 is 1.11 bits per heavy atom. The van der Waals surface area contributed by atoms with E-state index in [-0.39, 0.29) is 22.8 Å². The van der Waals surface area contributed by atoms with Crippen molar-refractivity contribution in [1.82, 2.24) is 0 Å². The van der Waals surface area contributed by atoms with Crippen molar-refractivity contribution in [1.29, 1.82) is 0 Å². The predicted molar refractivity (Wildman–Crippen MR) is 42.1 cm³/mol. The van der Waals surface area contributed by atoms with Crippen LogP contribution in [0.3, 0.4) is 0 Å². The third-order valence-electron chi connectivity index (χ3n) is 0.293. The summed E-state index contributed by atoms with van der Waals surface area (Å²) < 4.78 is -1.97. The lowest BCUT2D eigenvalue weighted by atomic mass is 10.8. The smallest absolute Gasteiger partial charge is 0.240 e. The summed E-state index contributed by atoms with van der Waals surface area (Å²) in [5.74, 6) is 0. The van der Waals surface area contributed by atoms with Crippen LogP contribution in [0.1, 0.15) is 0 Å². The molecule has 0 amide bonds. The first kappa shape index (κ1) is 16.7. The van der Waals surface area contributed by atoms with Gasteiger partial charge >= 0.3 is 0 Å². The maximum absolute atomic E-state index is 8.05. The molecule has 0 heterocycles. The monoisotopic (exact) mass is 212 g/mol. The molecule has 9 heavy (non-hydrogen) atoms. The molecular weight excluding hydrogens is 205 g/mol. The van der Waals surface area contributed by atoms with E-state index in [0.717, 1.165) is 0 Å². The van der Waals surface area contributed by atoms with Crippen molar-refractivity contribution in [3.05, 3.63) is 0 Å². The van der Waals surface area contributed by atoms with E-state index in [0.29, 0.717) is 0 Å². The van der Waals surface area contributed by atoms with Crippen LogP contribution in [0.2, 0.25) is 0 Å². The van der Waals surface area contributed by atoms with Gasteiger partial charge in [-0.05, 0) is 0 Å². The summed E-state index contributed by atoms with van der Waals surface area (Å²) in [6.07, 6.45) is -1.91. The van der Waals surface area contributed by atoms with Crippen LogP contribution >= 0.6 is 34.8 Å². The lowest BCUT2D eigenvalue weighted by Gasteiger charge is -2.10. The first-order chi connectivity index (χ1) is 2.94. The summed E-state index contributed by atoms with van der Waals surface area (Å²) in [6.45, 7) is 0. The molecule has 0 aliphatic heterocycles. The van der Waals surface area contributed by atoms with Crippen molar-refractivity contribution in [2.45, 2.75) is 10.1 Å². The Balaban J connectivity index is -0.000000180. The van der Waals surface area contributed by atoms with Crippen LogP contribution in [-0.4, -0.2) is 43.1 Å². The molecule has 0 bridgehead atoms. The Bertz CT molecular complexity index is 62.6. The molecule has 0 saturated heterocycles. The van der Waals surface area contributed by atoms with E-state index in [9.17, 15) is 0 Å². The van der Waals surface area contributed by atoms with Gasteiger partial charge in [-0.3, -0.25) is 0 Å². The highest BCUT2D eigenvalue weighted by molar-refractivity contribution is 6.67. The molecule has 58 valence electrons. The molecule has 7 heteroatoms. The fraction of sp³-hybridized carbons (Fsp3) is 1.00. The molecule has 0 aromatic carbocycles. The maximum atomic E-state index is 8.05. The predicted octanol–water partition coefficient (Wildman–Crippen LogP) is -1.34. The lowest BCUT2D eigenvalue weighted by molar-refractivity contribution is -0.0355. The first-order valence-electron chi connectivity index (χ1n) is 1.37. The Morgan fingerprint density at radius 2 is 1.22 bits per heavy atom. The Kier molecular flexibility index (Phi) is 11.2. The topological polar surface area (TPSA) is 72.0 Å². The quantitative estimate of drug-likeness (QED) is 0.297. The minimum atomic E-state index is -1.97. The minimum Gasteiger partial charge on any atom is -0.412 e. The van der Waals surface area contributed by atoms with Crippen LogP contribution in [0.5, 0.6) is 0 Å². The van der Waals surface area contributed by atoms with E-state index < -0.39 is 10.1 Å². The van der Waals surface area contributed by atoms with E-state index in [1.54, 1.807) is 0 Å². The normalized spacial score (nSPS) is 10.0. The van der Waals surface area contributed by atoms with Crippen molar-refractivity contribution < 1.29 is 15.7 Å². The number of aliphatic hydroxyl groups is 2. The molecule has 0 spiro atoms. The summed E-state index contributed by atoms with van der Waals surface area (Å²) in [4.78, 5) is 0. The summed E-state index contributed by atoms with van der Waals surface area (Å²) >= 11 is 14.7. The van der Waals surface area contributed by atoms with E-state index in [1.165, 1.54) is 0 Å². The third-order valence-corrected chi connectivity index (χ3v) is 0.878. The van der Waals surface area contributed by atoms with Gasteiger partial charge in [-0.2, -0.15) is 0 Å². The van der Waals surface area contributed by atoms with Crippen LogP contribution in [0.4, 0.5) is 0 Å². The SMILES string of the molecule is O.OC(O)C(Cl)(Cl)Cl.[AlH3]. The zero-order valence-electron chi connectivity index (χ0n) is 3.61. The molecule has 0 atom stereocenters. The standard InChI is InChI=1S/C2H3Cl3O2.Al.H2O.3H/c3-2(4,5)1(6)7;;;;;/h1,6-7H;;1H2;;;. The number of halogens is 3. The molecule has 0 rings (SSSR count). The summed E-state index contributed by atoms with van der Waals surface area (Å²) in [5.41, 5.74) is 0. The van der Waals surface area contributed by atoms with Gasteiger partial charge in [-0.25, -0.2) is 0 Å². The number of aliphatic hydroxyl groups excluding tert-OH is 1. The highest BCUT2D eigenvalue weighted by Gasteiger charge is 2.28. The number of hydrogen-bond donors (Lipinski definition) is 2. The molecular formula is C2H8AlCl3O3. The van der Waals surface area contributed by atoms with Crippen LogP contribution in [0.25, 0.3) is 0 Å². The highest BCUT2D eigenvalue weighted by Crippen LogP contribution is 2.28. The van der Waals surface area contributed by atoms with Crippen LogP contribution in [0.15, 0.2) is 0 Å². The second kappa shape index (κ2) is 6.02. The van der Waals surface area contributed by atoms with Gasteiger partial charge in [0.1, 0.15) is 0 Å². The van der Waals surface area contributed by atoms with Crippen LogP contribution < -0.4 is 0 Å².